The van der Waals surface area contributed by atoms with Crippen molar-refractivity contribution in [3.8, 4) is 11.5 Å². The quantitative estimate of drug-likeness (QED) is 0.350. The van der Waals surface area contributed by atoms with E-state index in [9.17, 15) is 14.4 Å². The summed E-state index contributed by atoms with van der Waals surface area (Å²) in [5, 5.41) is 2.92. The number of hydrogen-bond acceptors (Lipinski definition) is 6. The van der Waals surface area contributed by atoms with Crippen LogP contribution in [-0.4, -0.2) is 30.7 Å². The van der Waals surface area contributed by atoms with E-state index in [-0.39, 0.29) is 24.1 Å². The van der Waals surface area contributed by atoms with Gasteiger partial charge in [-0.15, -0.1) is 0 Å². The van der Waals surface area contributed by atoms with Crippen molar-refractivity contribution in [2.45, 2.75) is 65.2 Å². The maximum atomic E-state index is 13.2. The molecule has 1 heterocycles. The molecular formula is C31H32INO6. The van der Waals surface area contributed by atoms with E-state index in [1.54, 1.807) is 0 Å². The molecule has 7 nitrogen and oxygen atoms in total. The molecule has 3 aliphatic rings. The highest BCUT2D eigenvalue weighted by atomic mass is 127. The standard InChI is InChI=1S/C31H32INO6/c1-4-37-26-15-19(14-20(32)31(26)38-16-27(36)33-21-9-5-8-17(2)18(21)3)28-29-22(34)10-6-12-24(29)39-25-13-7-11-23(35)30(25)28/h5,8-9,14-15,28H,4,6-7,10-13,16H2,1-3H3,(H,33,36). The Morgan fingerprint density at radius 1 is 1.00 bits per heavy atom. The fraction of sp³-hybridized carbons (Fsp3) is 0.387. The minimum atomic E-state index is -0.487. The molecule has 0 aromatic heterocycles. The second-order valence-electron chi connectivity index (χ2n) is 10.1. The lowest BCUT2D eigenvalue weighted by molar-refractivity contribution is -0.119. The third-order valence-corrected chi connectivity index (χ3v) is 8.33. The molecule has 0 unspecified atom stereocenters. The molecule has 2 aromatic carbocycles. The van der Waals surface area contributed by atoms with E-state index in [1.807, 2.05) is 51.1 Å². The molecule has 0 radical (unpaired) electrons. The van der Waals surface area contributed by atoms with E-state index in [4.69, 9.17) is 14.2 Å². The van der Waals surface area contributed by atoms with Crippen LogP contribution in [0.1, 0.15) is 68.1 Å². The number of anilines is 1. The zero-order valence-corrected chi connectivity index (χ0v) is 24.6. The summed E-state index contributed by atoms with van der Waals surface area (Å²) in [5.74, 6) is 1.62. The maximum absolute atomic E-state index is 13.2. The summed E-state index contributed by atoms with van der Waals surface area (Å²) in [5.41, 5.74) is 4.83. The molecule has 1 N–H and O–H groups in total. The molecule has 0 spiro atoms. The molecule has 2 aliphatic carbocycles. The number of ketones is 2. The Morgan fingerprint density at radius 3 is 2.31 bits per heavy atom. The normalized spacial score (nSPS) is 17.4. The van der Waals surface area contributed by atoms with E-state index in [2.05, 4.69) is 27.9 Å². The monoisotopic (exact) mass is 641 g/mol. The molecule has 5 rings (SSSR count). The average Bonchev–Trinajstić information content (AvgIpc) is 2.90. The lowest BCUT2D eigenvalue weighted by Crippen LogP contribution is -2.30. The number of carbonyl (C=O) groups is 3. The minimum absolute atomic E-state index is 0.0302. The fourth-order valence-electron chi connectivity index (χ4n) is 5.52. The smallest absolute Gasteiger partial charge is 0.262 e. The van der Waals surface area contributed by atoms with Crippen LogP contribution in [-0.2, 0) is 19.1 Å². The van der Waals surface area contributed by atoms with E-state index in [0.717, 1.165) is 38.8 Å². The predicted octanol–water partition coefficient (Wildman–Crippen LogP) is 6.45. The summed E-state index contributed by atoms with van der Waals surface area (Å²) in [6.45, 7) is 6.03. The van der Waals surface area contributed by atoms with Crippen LogP contribution in [0.3, 0.4) is 0 Å². The number of aryl methyl sites for hydroxylation is 1. The van der Waals surface area contributed by atoms with Crippen LogP contribution in [0.15, 0.2) is 53.0 Å². The van der Waals surface area contributed by atoms with Crippen molar-refractivity contribution in [3.05, 3.63) is 73.3 Å². The van der Waals surface area contributed by atoms with Gasteiger partial charge in [-0.3, -0.25) is 14.4 Å². The van der Waals surface area contributed by atoms with E-state index >= 15 is 0 Å². The van der Waals surface area contributed by atoms with Gasteiger partial charge in [-0.2, -0.15) is 0 Å². The second-order valence-corrected chi connectivity index (χ2v) is 11.3. The van der Waals surface area contributed by atoms with Gasteiger partial charge in [-0.05, 0) is 91.1 Å². The molecule has 0 atom stereocenters. The van der Waals surface area contributed by atoms with Gasteiger partial charge in [0.05, 0.1) is 10.2 Å². The van der Waals surface area contributed by atoms with Gasteiger partial charge in [-0.25, -0.2) is 0 Å². The first-order chi connectivity index (χ1) is 18.8. The Morgan fingerprint density at radius 2 is 1.67 bits per heavy atom. The zero-order chi connectivity index (χ0) is 27.7. The number of benzene rings is 2. The highest BCUT2D eigenvalue weighted by Crippen LogP contribution is 2.49. The van der Waals surface area contributed by atoms with Crippen molar-refractivity contribution in [3.63, 3.8) is 0 Å². The Balaban J connectivity index is 1.47. The van der Waals surface area contributed by atoms with E-state index in [0.29, 0.717) is 66.5 Å². The molecule has 0 fully saturated rings. The molecule has 204 valence electrons. The highest BCUT2D eigenvalue weighted by molar-refractivity contribution is 14.1. The first-order valence-electron chi connectivity index (χ1n) is 13.4. The largest absolute Gasteiger partial charge is 0.490 e. The van der Waals surface area contributed by atoms with Crippen LogP contribution in [0.4, 0.5) is 5.69 Å². The molecule has 0 saturated heterocycles. The van der Waals surface area contributed by atoms with Crippen molar-refractivity contribution >= 4 is 45.8 Å². The van der Waals surface area contributed by atoms with Crippen LogP contribution in [0.2, 0.25) is 0 Å². The Hall–Kier alpha value is -3.14. The number of allylic oxidation sites excluding steroid dienone is 4. The molecule has 1 aliphatic heterocycles. The molecule has 0 saturated carbocycles. The van der Waals surface area contributed by atoms with Crippen molar-refractivity contribution in [1.29, 1.82) is 0 Å². The number of nitrogens with one attached hydrogen (secondary N) is 1. The Kier molecular flexibility index (Phi) is 8.11. The molecular weight excluding hydrogens is 609 g/mol. The lowest BCUT2D eigenvalue weighted by Gasteiger charge is -2.36. The fourth-order valence-corrected chi connectivity index (χ4v) is 6.30. The highest BCUT2D eigenvalue weighted by Gasteiger charge is 2.42. The van der Waals surface area contributed by atoms with E-state index in [1.165, 1.54) is 0 Å². The van der Waals surface area contributed by atoms with Gasteiger partial charge in [0.15, 0.2) is 29.7 Å². The molecule has 0 bridgehead atoms. The summed E-state index contributed by atoms with van der Waals surface area (Å²) < 4.78 is 18.9. The van der Waals surface area contributed by atoms with E-state index < -0.39 is 5.92 Å². The first-order valence-corrected chi connectivity index (χ1v) is 14.5. The van der Waals surface area contributed by atoms with Gasteiger partial charge in [0.2, 0.25) is 0 Å². The zero-order valence-electron chi connectivity index (χ0n) is 22.4. The van der Waals surface area contributed by atoms with Gasteiger partial charge in [0, 0.05) is 48.4 Å². The molecule has 2 aromatic rings. The second kappa shape index (κ2) is 11.5. The SMILES string of the molecule is CCOc1cc(C2C3=C(CCCC3=O)OC3=C2C(=O)CCC3)cc(I)c1OCC(=O)Nc1cccc(C)c1C. The van der Waals surface area contributed by atoms with Gasteiger partial charge in [0.25, 0.3) is 5.91 Å². The predicted molar refractivity (Wildman–Crippen MR) is 156 cm³/mol. The number of hydrogen-bond donors (Lipinski definition) is 1. The molecule has 1 amide bonds. The van der Waals surface area contributed by atoms with Crippen molar-refractivity contribution in [1.82, 2.24) is 0 Å². The summed E-state index contributed by atoms with van der Waals surface area (Å²) in [4.78, 5) is 39.1. The van der Waals surface area contributed by atoms with Gasteiger partial charge < -0.3 is 19.5 Å². The number of ether oxygens (including phenoxy) is 3. The van der Waals surface area contributed by atoms with Crippen LogP contribution in [0.25, 0.3) is 0 Å². The third kappa shape index (κ3) is 5.48. The third-order valence-electron chi connectivity index (χ3n) is 7.53. The number of amides is 1. The molecule has 8 heteroatoms. The number of carbonyl (C=O) groups excluding carboxylic acids is 3. The Labute approximate surface area is 242 Å². The summed E-state index contributed by atoms with van der Waals surface area (Å²) >= 11 is 2.16. The summed E-state index contributed by atoms with van der Waals surface area (Å²) in [6.07, 6.45) is 3.77. The van der Waals surface area contributed by atoms with Crippen LogP contribution < -0.4 is 14.8 Å². The van der Waals surface area contributed by atoms with Crippen LogP contribution in [0.5, 0.6) is 11.5 Å². The van der Waals surface area contributed by atoms with Crippen LogP contribution in [0, 0.1) is 17.4 Å². The summed E-state index contributed by atoms with van der Waals surface area (Å²) in [6, 6.07) is 9.54. The van der Waals surface area contributed by atoms with Gasteiger partial charge in [0.1, 0.15) is 11.5 Å². The Bertz CT molecular complexity index is 1380. The van der Waals surface area contributed by atoms with Gasteiger partial charge >= 0.3 is 0 Å². The molecule has 39 heavy (non-hydrogen) atoms. The first kappa shape index (κ1) is 27.4. The average molecular weight is 642 g/mol. The van der Waals surface area contributed by atoms with Crippen LogP contribution >= 0.6 is 22.6 Å². The van der Waals surface area contributed by atoms with Crippen molar-refractivity contribution in [2.24, 2.45) is 0 Å². The lowest BCUT2D eigenvalue weighted by atomic mass is 9.73. The van der Waals surface area contributed by atoms with Crippen molar-refractivity contribution < 1.29 is 28.6 Å². The summed E-state index contributed by atoms with van der Waals surface area (Å²) in [7, 11) is 0. The maximum Gasteiger partial charge on any atom is 0.262 e. The number of halogens is 1. The van der Waals surface area contributed by atoms with Gasteiger partial charge in [-0.1, -0.05) is 12.1 Å². The number of Topliss-reactive ketones (excluding diaryl/α,β-unsaturated/α-hetero) is 2. The minimum Gasteiger partial charge on any atom is -0.490 e. The topological polar surface area (TPSA) is 90.9 Å². The van der Waals surface area contributed by atoms with Crippen molar-refractivity contribution in [2.75, 3.05) is 18.5 Å². The number of rotatable bonds is 7.